The fraction of sp³-hybridized carbons (Fsp3) is 0.308. The van der Waals surface area contributed by atoms with Gasteiger partial charge in [-0.05, 0) is 42.5 Å². The first-order chi connectivity index (χ1) is 16.7. The Bertz CT molecular complexity index is 1370. The van der Waals surface area contributed by atoms with Crippen LogP contribution in [-0.2, 0) is 4.74 Å². The molecular formula is C26H24F2N4O2. The van der Waals surface area contributed by atoms with Crippen molar-refractivity contribution in [2.24, 2.45) is 0 Å². The summed E-state index contributed by atoms with van der Waals surface area (Å²) >= 11 is 0. The summed E-state index contributed by atoms with van der Waals surface area (Å²) in [4.78, 5) is 10.3. The minimum atomic E-state index is -0.923. The molecule has 174 valence electrons. The number of H-pyrrole nitrogens is 1. The lowest BCUT2D eigenvalue weighted by atomic mass is 9.90. The van der Waals surface area contributed by atoms with Crippen LogP contribution >= 0.6 is 0 Å². The van der Waals surface area contributed by atoms with Crippen LogP contribution in [0, 0.1) is 11.6 Å². The fourth-order valence-corrected chi connectivity index (χ4v) is 5.06. The summed E-state index contributed by atoms with van der Waals surface area (Å²) in [5.74, 6) is -1.46. The van der Waals surface area contributed by atoms with E-state index in [2.05, 4.69) is 32.2 Å². The van der Waals surface area contributed by atoms with E-state index in [1.54, 1.807) is 6.20 Å². The van der Waals surface area contributed by atoms with Gasteiger partial charge >= 0.3 is 0 Å². The summed E-state index contributed by atoms with van der Waals surface area (Å²) in [5, 5.41) is 4.72. The molecule has 0 saturated carbocycles. The zero-order valence-electron chi connectivity index (χ0n) is 18.6. The maximum Gasteiger partial charge on any atom is 0.176 e. The molecule has 0 bridgehead atoms. The van der Waals surface area contributed by atoms with E-state index < -0.39 is 11.6 Å². The third kappa shape index (κ3) is 3.73. The van der Waals surface area contributed by atoms with E-state index in [1.165, 1.54) is 23.9 Å². The van der Waals surface area contributed by atoms with Crippen LogP contribution in [0.4, 0.5) is 8.78 Å². The molecule has 1 aliphatic heterocycles. The Balaban J connectivity index is 1.33. The molecule has 0 spiro atoms. The Hall–Kier alpha value is -3.36. The lowest BCUT2D eigenvalue weighted by Gasteiger charge is -2.36. The standard InChI is InChI=1S/C26H24F2N4O2/c27-23-3-1-2-19(24(23)28)22-15-31-34-25(22)21-14-30-26-20(21)12-17(13-29-26)16-4-6-18(7-5-16)32-8-10-33-11-9-32/h1-4,12-15,18H,5-11H2,(H,29,30). The molecule has 6 rings (SSSR count). The van der Waals surface area contributed by atoms with Crippen LogP contribution in [0.2, 0.25) is 0 Å². The number of morpholine rings is 1. The van der Waals surface area contributed by atoms with Crippen molar-refractivity contribution in [2.75, 3.05) is 26.3 Å². The van der Waals surface area contributed by atoms with Crippen LogP contribution in [-0.4, -0.2) is 52.4 Å². The molecule has 0 amide bonds. The monoisotopic (exact) mass is 462 g/mol. The molecule has 4 heterocycles. The maximum atomic E-state index is 14.5. The number of nitrogens with zero attached hydrogens (tertiary/aromatic N) is 3. The summed E-state index contributed by atoms with van der Waals surface area (Å²) in [6.07, 6.45) is 10.5. The summed E-state index contributed by atoms with van der Waals surface area (Å²) in [7, 11) is 0. The molecular weight excluding hydrogens is 438 g/mol. The van der Waals surface area contributed by atoms with Gasteiger partial charge in [-0.2, -0.15) is 0 Å². The van der Waals surface area contributed by atoms with Crippen molar-refractivity contribution in [1.82, 2.24) is 20.0 Å². The summed E-state index contributed by atoms with van der Waals surface area (Å²) in [6.45, 7) is 3.62. The molecule has 1 aromatic carbocycles. The lowest BCUT2D eigenvalue weighted by molar-refractivity contribution is 0.0150. The van der Waals surface area contributed by atoms with Crippen molar-refractivity contribution in [3.8, 4) is 22.5 Å². The first kappa shape index (κ1) is 21.2. The molecule has 1 N–H and O–H groups in total. The lowest BCUT2D eigenvalue weighted by Crippen LogP contribution is -2.43. The van der Waals surface area contributed by atoms with E-state index in [1.807, 2.05) is 6.20 Å². The Labute approximate surface area is 195 Å². The van der Waals surface area contributed by atoms with Crippen molar-refractivity contribution in [2.45, 2.75) is 25.3 Å². The molecule has 8 heteroatoms. The number of halogens is 2. The van der Waals surface area contributed by atoms with Gasteiger partial charge in [0.2, 0.25) is 0 Å². The highest BCUT2D eigenvalue weighted by Gasteiger charge is 2.25. The van der Waals surface area contributed by atoms with Crippen LogP contribution in [0.1, 0.15) is 24.8 Å². The first-order valence-electron chi connectivity index (χ1n) is 11.6. The van der Waals surface area contributed by atoms with Gasteiger partial charge in [0.25, 0.3) is 0 Å². The Morgan fingerprint density at radius 3 is 2.76 bits per heavy atom. The number of benzene rings is 1. The number of hydrogen-bond acceptors (Lipinski definition) is 5. The van der Waals surface area contributed by atoms with Crippen LogP contribution in [0.25, 0.3) is 39.1 Å². The number of allylic oxidation sites excluding steroid dienone is 1. The van der Waals surface area contributed by atoms with Crippen molar-refractivity contribution in [3.63, 3.8) is 0 Å². The molecule has 1 unspecified atom stereocenters. The molecule has 4 aromatic rings. The van der Waals surface area contributed by atoms with Crippen LogP contribution < -0.4 is 0 Å². The molecule has 1 aliphatic carbocycles. The highest BCUT2D eigenvalue weighted by molar-refractivity contribution is 5.97. The third-order valence-corrected chi connectivity index (χ3v) is 6.90. The van der Waals surface area contributed by atoms with Crippen LogP contribution in [0.5, 0.6) is 0 Å². The molecule has 34 heavy (non-hydrogen) atoms. The van der Waals surface area contributed by atoms with Gasteiger partial charge in [-0.1, -0.05) is 23.4 Å². The van der Waals surface area contributed by atoms with Crippen molar-refractivity contribution >= 4 is 16.6 Å². The van der Waals surface area contributed by atoms with E-state index in [0.29, 0.717) is 28.6 Å². The van der Waals surface area contributed by atoms with Crippen molar-refractivity contribution in [3.05, 3.63) is 66.1 Å². The maximum absolute atomic E-state index is 14.5. The summed E-state index contributed by atoms with van der Waals surface area (Å²) < 4.78 is 39.3. The molecule has 6 nitrogen and oxygen atoms in total. The Kier molecular flexibility index (Phi) is 5.47. The van der Waals surface area contributed by atoms with Gasteiger partial charge in [-0.3, -0.25) is 4.90 Å². The van der Waals surface area contributed by atoms with Crippen LogP contribution in [0.3, 0.4) is 0 Å². The highest BCUT2D eigenvalue weighted by atomic mass is 19.2. The number of ether oxygens (including phenoxy) is 1. The van der Waals surface area contributed by atoms with Gasteiger partial charge in [0.1, 0.15) is 5.65 Å². The average molecular weight is 463 g/mol. The van der Waals surface area contributed by atoms with Gasteiger partial charge in [0.05, 0.1) is 25.0 Å². The zero-order valence-corrected chi connectivity index (χ0v) is 18.6. The molecule has 1 fully saturated rings. The smallest absolute Gasteiger partial charge is 0.176 e. The second-order valence-electron chi connectivity index (χ2n) is 8.80. The number of fused-ring (bicyclic) bond motifs is 1. The zero-order chi connectivity index (χ0) is 23.1. The number of aromatic nitrogens is 3. The third-order valence-electron chi connectivity index (χ3n) is 6.90. The predicted octanol–water partition coefficient (Wildman–Crippen LogP) is 5.43. The topological polar surface area (TPSA) is 67.2 Å². The normalized spacial score (nSPS) is 19.5. The highest BCUT2D eigenvalue weighted by Crippen LogP contribution is 2.38. The number of rotatable bonds is 4. The van der Waals surface area contributed by atoms with Crippen molar-refractivity contribution in [1.29, 1.82) is 0 Å². The largest absolute Gasteiger partial charge is 0.379 e. The Morgan fingerprint density at radius 1 is 1.06 bits per heavy atom. The average Bonchev–Trinajstić information content (AvgIpc) is 3.53. The quantitative estimate of drug-likeness (QED) is 0.438. The van der Waals surface area contributed by atoms with E-state index >= 15 is 0 Å². The van der Waals surface area contributed by atoms with Crippen LogP contribution in [0.15, 0.2) is 53.5 Å². The number of pyridine rings is 1. The van der Waals surface area contributed by atoms with Gasteiger partial charge in [-0.15, -0.1) is 0 Å². The predicted molar refractivity (Wildman–Crippen MR) is 125 cm³/mol. The molecule has 1 atom stereocenters. The van der Waals surface area contributed by atoms with E-state index in [9.17, 15) is 8.78 Å². The minimum absolute atomic E-state index is 0.110. The summed E-state index contributed by atoms with van der Waals surface area (Å²) in [5.41, 5.74) is 4.26. The minimum Gasteiger partial charge on any atom is -0.379 e. The SMILES string of the molecule is Fc1cccc(-c2cnoc2-c2c[nH]c3ncc(C4=CCC(N5CCOCC5)CC4)cc23)c1F. The molecule has 0 radical (unpaired) electrons. The summed E-state index contributed by atoms with van der Waals surface area (Å²) in [6, 6.07) is 6.73. The second-order valence-corrected chi connectivity index (χ2v) is 8.80. The molecule has 1 saturated heterocycles. The first-order valence-corrected chi connectivity index (χ1v) is 11.6. The van der Waals surface area contributed by atoms with Crippen molar-refractivity contribution < 1.29 is 18.0 Å². The molecule has 2 aliphatic rings. The number of nitrogens with one attached hydrogen (secondary N) is 1. The second kappa shape index (κ2) is 8.77. The Morgan fingerprint density at radius 2 is 1.94 bits per heavy atom. The van der Waals surface area contributed by atoms with E-state index in [4.69, 9.17) is 9.26 Å². The number of hydrogen-bond donors (Lipinski definition) is 1. The van der Waals surface area contributed by atoms with E-state index in [-0.39, 0.29) is 5.56 Å². The van der Waals surface area contributed by atoms with Gasteiger partial charge in [0.15, 0.2) is 17.4 Å². The fourth-order valence-electron chi connectivity index (χ4n) is 5.06. The number of aromatic amines is 1. The van der Waals surface area contributed by atoms with Gasteiger partial charge in [-0.25, -0.2) is 13.8 Å². The van der Waals surface area contributed by atoms with Gasteiger partial charge < -0.3 is 14.2 Å². The van der Waals surface area contributed by atoms with Gasteiger partial charge in [0, 0.05) is 48.0 Å². The molecule has 3 aromatic heterocycles. The van der Waals surface area contributed by atoms with E-state index in [0.717, 1.165) is 62.6 Å².